The molecule has 2 aromatic carbocycles. The van der Waals surface area contributed by atoms with E-state index in [4.69, 9.17) is 4.42 Å². The molecule has 0 bridgehead atoms. The number of benzene rings is 2. The van der Waals surface area contributed by atoms with E-state index in [1.54, 1.807) is 12.1 Å². The lowest BCUT2D eigenvalue weighted by Gasteiger charge is -2.06. The summed E-state index contributed by atoms with van der Waals surface area (Å²) in [4.78, 5) is 4.30. The molecule has 0 saturated heterocycles. The fourth-order valence-electron chi connectivity index (χ4n) is 1.99. The highest BCUT2D eigenvalue weighted by Gasteiger charge is 2.12. The molecule has 0 aliphatic rings. The first-order valence-electron chi connectivity index (χ1n) is 5.98. The predicted octanol–water partition coefficient (Wildman–Crippen LogP) is 3.69. The molecule has 0 amide bonds. The molecular formula is C15H12FNO2. The van der Waals surface area contributed by atoms with Gasteiger partial charge in [0.25, 0.3) is 0 Å². The zero-order chi connectivity index (χ0) is 13.4. The lowest BCUT2D eigenvalue weighted by molar-refractivity contribution is 0.194. The van der Waals surface area contributed by atoms with Crippen molar-refractivity contribution in [3.05, 3.63) is 53.8 Å². The molecular weight excluding hydrogens is 245 g/mol. The molecule has 0 radical (unpaired) electrons. The molecule has 3 aromatic rings. The summed E-state index contributed by atoms with van der Waals surface area (Å²) in [7, 11) is 0. The Kier molecular flexibility index (Phi) is 2.80. The third kappa shape index (κ3) is 2.11. The van der Waals surface area contributed by atoms with Gasteiger partial charge in [0.1, 0.15) is 11.3 Å². The Morgan fingerprint density at radius 2 is 2.00 bits per heavy atom. The van der Waals surface area contributed by atoms with E-state index in [9.17, 15) is 9.50 Å². The van der Waals surface area contributed by atoms with Gasteiger partial charge < -0.3 is 9.52 Å². The van der Waals surface area contributed by atoms with Gasteiger partial charge in [-0.05, 0) is 31.2 Å². The van der Waals surface area contributed by atoms with Crippen LogP contribution in [0.5, 0.6) is 0 Å². The van der Waals surface area contributed by atoms with E-state index < -0.39 is 11.9 Å². The number of hydrogen-bond acceptors (Lipinski definition) is 3. The molecule has 3 nitrogen and oxygen atoms in total. The minimum absolute atomic E-state index is 0.264. The number of aromatic nitrogens is 1. The number of para-hydroxylation sites is 2. The van der Waals surface area contributed by atoms with Crippen LogP contribution in [-0.2, 0) is 0 Å². The Hall–Kier alpha value is -2.20. The van der Waals surface area contributed by atoms with Gasteiger partial charge in [0.15, 0.2) is 5.58 Å². The first-order chi connectivity index (χ1) is 9.15. The van der Waals surface area contributed by atoms with Crippen LogP contribution >= 0.6 is 0 Å². The van der Waals surface area contributed by atoms with Gasteiger partial charge in [-0.25, -0.2) is 9.37 Å². The zero-order valence-electron chi connectivity index (χ0n) is 10.3. The number of nitrogens with zero attached hydrogens (tertiary/aromatic N) is 1. The Balaban J connectivity index is 2.09. The van der Waals surface area contributed by atoms with Crippen LogP contribution in [0.15, 0.2) is 46.9 Å². The number of aliphatic hydroxyl groups excluding tert-OH is 1. The van der Waals surface area contributed by atoms with E-state index in [-0.39, 0.29) is 5.56 Å². The number of oxazole rings is 1. The van der Waals surface area contributed by atoms with Gasteiger partial charge in [0, 0.05) is 11.1 Å². The van der Waals surface area contributed by atoms with Crippen molar-refractivity contribution in [2.24, 2.45) is 0 Å². The van der Waals surface area contributed by atoms with Crippen molar-refractivity contribution >= 4 is 11.1 Å². The van der Waals surface area contributed by atoms with Gasteiger partial charge in [-0.3, -0.25) is 0 Å². The minimum Gasteiger partial charge on any atom is -0.436 e. The molecule has 1 heterocycles. The van der Waals surface area contributed by atoms with Crippen LogP contribution < -0.4 is 0 Å². The predicted molar refractivity (Wildman–Crippen MR) is 70.0 cm³/mol. The fourth-order valence-corrected chi connectivity index (χ4v) is 1.99. The van der Waals surface area contributed by atoms with Crippen LogP contribution in [0.2, 0.25) is 0 Å². The maximum absolute atomic E-state index is 13.8. The monoisotopic (exact) mass is 257 g/mol. The summed E-state index contributed by atoms with van der Waals surface area (Å²) in [5.74, 6) is -0.0907. The molecule has 3 rings (SSSR count). The van der Waals surface area contributed by atoms with Crippen molar-refractivity contribution < 1.29 is 13.9 Å². The van der Waals surface area contributed by atoms with Gasteiger partial charge >= 0.3 is 0 Å². The molecule has 0 fully saturated rings. The first kappa shape index (κ1) is 11.9. The average molecular weight is 257 g/mol. The van der Waals surface area contributed by atoms with E-state index in [1.807, 2.05) is 24.3 Å². The second-order valence-corrected chi connectivity index (χ2v) is 4.40. The standard InChI is InChI=1S/C15H12FNO2/c1-9(18)11-7-6-10(8-12(11)16)15-17-13-4-2-3-5-14(13)19-15/h2-9,18H,1H3. The molecule has 1 N–H and O–H groups in total. The Labute approximate surface area is 109 Å². The number of halogens is 1. The van der Waals surface area contributed by atoms with Gasteiger partial charge in [0.05, 0.1) is 6.10 Å². The van der Waals surface area contributed by atoms with Gasteiger partial charge in [-0.2, -0.15) is 0 Å². The van der Waals surface area contributed by atoms with Crippen LogP contribution in [0.4, 0.5) is 4.39 Å². The normalized spacial score (nSPS) is 12.8. The molecule has 0 aliphatic heterocycles. The zero-order valence-corrected chi connectivity index (χ0v) is 10.3. The quantitative estimate of drug-likeness (QED) is 0.761. The number of aliphatic hydroxyl groups is 1. The van der Waals surface area contributed by atoms with Crippen molar-refractivity contribution in [1.82, 2.24) is 4.98 Å². The van der Waals surface area contributed by atoms with Gasteiger partial charge in [-0.1, -0.05) is 18.2 Å². The topological polar surface area (TPSA) is 46.3 Å². The van der Waals surface area contributed by atoms with Crippen molar-refractivity contribution in [3.63, 3.8) is 0 Å². The third-order valence-electron chi connectivity index (χ3n) is 2.99. The first-order valence-corrected chi connectivity index (χ1v) is 5.98. The average Bonchev–Trinajstić information content (AvgIpc) is 2.81. The third-order valence-corrected chi connectivity index (χ3v) is 2.99. The highest BCUT2D eigenvalue weighted by Crippen LogP contribution is 2.27. The fraction of sp³-hybridized carbons (Fsp3) is 0.133. The molecule has 1 aromatic heterocycles. The van der Waals surface area contributed by atoms with Gasteiger partial charge in [-0.15, -0.1) is 0 Å². The second-order valence-electron chi connectivity index (χ2n) is 4.40. The summed E-state index contributed by atoms with van der Waals surface area (Å²) in [5, 5.41) is 9.40. The highest BCUT2D eigenvalue weighted by atomic mass is 19.1. The Bertz CT molecular complexity index is 701. The summed E-state index contributed by atoms with van der Waals surface area (Å²) in [6.45, 7) is 1.53. The smallest absolute Gasteiger partial charge is 0.227 e. The number of fused-ring (bicyclic) bond motifs is 1. The molecule has 4 heteroatoms. The molecule has 1 unspecified atom stereocenters. The van der Waals surface area contributed by atoms with Crippen LogP contribution in [0.3, 0.4) is 0 Å². The largest absolute Gasteiger partial charge is 0.436 e. The lowest BCUT2D eigenvalue weighted by atomic mass is 10.1. The number of rotatable bonds is 2. The van der Waals surface area contributed by atoms with E-state index in [2.05, 4.69) is 4.98 Å². The van der Waals surface area contributed by atoms with E-state index >= 15 is 0 Å². The van der Waals surface area contributed by atoms with Crippen LogP contribution in [0.25, 0.3) is 22.6 Å². The van der Waals surface area contributed by atoms with Crippen molar-refractivity contribution in [1.29, 1.82) is 0 Å². The Morgan fingerprint density at radius 1 is 1.21 bits per heavy atom. The van der Waals surface area contributed by atoms with Crippen LogP contribution in [0.1, 0.15) is 18.6 Å². The van der Waals surface area contributed by atoms with Crippen molar-refractivity contribution in [3.8, 4) is 11.5 Å². The molecule has 0 aliphatic carbocycles. The summed E-state index contributed by atoms with van der Waals surface area (Å²) in [6.07, 6.45) is -0.835. The molecule has 19 heavy (non-hydrogen) atoms. The number of hydrogen-bond donors (Lipinski definition) is 1. The van der Waals surface area contributed by atoms with Crippen LogP contribution in [0, 0.1) is 5.82 Å². The summed E-state index contributed by atoms with van der Waals surface area (Å²) in [5.41, 5.74) is 2.22. The molecule has 0 spiro atoms. The SMILES string of the molecule is CC(O)c1ccc(-c2nc3ccccc3o2)cc1F. The summed E-state index contributed by atoms with van der Waals surface area (Å²) < 4.78 is 19.4. The molecule has 1 atom stereocenters. The van der Waals surface area contributed by atoms with E-state index in [1.165, 1.54) is 13.0 Å². The molecule has 0 saturated carbocycles. The second kappa shape index (κ2) is 4.48. The molecule has 96 valence electrons. The van der Waals surface area contributed by atoms with E-state index in [0.29, 0.717) is 17.0 Å². The van der Waals surface area contributed by atoms with Gasteiger partial charge in [0.2, 0.25) is 5.89 Å². The lowest BCUT2D eigenvalue weighted by Crippen LogP contribution is -1.95. The summed E-state index contributed by atoms with van der Waals surface area (Å²) in [6, 6.07) is 11.9. The summed E-state index contributed by atoms with van der Waals surface area (Å²) >= 11 is 0. The maximum atomic E-state index is 13.8. The van der Waals surface area contributed by atoms with E-state index in [0.717, 1.165) is 5.52 Å². The van der Waals surface area contributed by atoms with Crippen molar-refractivity contribution in [2.75, 3.05) is 0 Å². The maximum Gasteiger partial charge on any atom is 0.227 e. The highest BCUT2D eigenvalue weighted by molar-refractivity contribution is 5.75. The van der Waals surface area contributed by atoms with Crippen LogP contribution in [-0.4, -0.2) is 10.1 Å². The van der Waals surface area contributed by atoms with Crippen molar-refractivity contribution in [2.45, 2.75) is 13.0 Å². The minimum atomic E-state index is -0.835. The Morgan fingerprint density at radius 3 is 2.68 bits per heavy atom.